The highest BCUT2D eigenvalue weighted by molar-refractivity contribution is 5.93. The summed E-state index contributed by atoms with van der Waals surface area (Å²) in [4.78, 5) is 4.37. The molecule has 3 nitrogen and oxygen atoms in total. The van der Waals surface area contributed by atoms with E-state index in [-0.39, 0.29) is 0 Å². The summed E-state index contributed by atoms with van der Waals surface area (Å²) in [7, 11) is 0. The Kier molecular flexibility index (Phi) is 2.89. The number of aryl methyl sites for hydroxylation is 1. The second kappa shape index (κ2) is 4.69. The number of hydrogen-bond donors (Lipinski definition) is 0. The topological polar surface area (TPSA) is 26.5 Å². The molecule has 0 saturated carbocycles. The van der Waals surface area contributed by atoms with E-state index in [1.165, 1.54) is 11.1 Å². The minimum absolute atomic E-state index is 0.699. The second-order valence-corrected chi connectivity index (χ2v) is 4.54. The molecule has 0 amide bonds. The van der Waals surface area contributed by atoms with E-state index in [4.69, 9.17) is 4.74 Å². The van der Waals surface area contributed by atoms with Crippen molar-refractivity contribution in [1.29, 1.82) is 0 Å². The molecule has 1 aromatic heterocycles. The lowest BCUT2D eigenvalue weighted by molar-refractivity contribution is 0.346. The fourth-order valence-electron chi connectivity index (χ4n) is 2.13. The largest absolute Gasteiger partial charge is 0.474 e. The van der Waals surface area contributed by atoms with E-state index >= 15 is 0 Å². The maximum Gasteiger partial charge on any atom is 0.233 e. The Morgan fingerprint density at radius 2 is 2.06 bits per heavy atom. The van der Waals surface area contributed by atoms with E-state index in [1.807, 2.05) is 6.07 Å². The Bertz CT molecular complexity index is 566. The van der Waals surface area contributed by atoms with Crippen molar-refractivity contribution in [2.24, 2.45) is 4.99 Å². The molecule has 0 bridgehead atoms. The van der Waals surface area contributed by atoms with Gasteiger partial charge in [0, 0.05) is 12.7 Å². The van der Waals surface area contributed by atoms with Crippen LogP contribution in [0.2, 0.25) is 0 Å². The van der Waals surface area contributed by atoms with Crippen LogP contribution in [0.5, 0.6) is 0 Å². The summed E-state index contributed by atoms with van der Waals surface area (Å²) in [6.07, 6.45) is 2.07. The van der Waals surface area contributed by atoms with Crippen LogP contribution in [0.3, 0.4) is 0 Å². The van der Waals surface area contributed by atoms with Crippen molar-refractivity contribution in [3.8, 4) is 0 Å². The van der Waals surface area contributed by atoms with Crippen LogP contribution in [0.25, 0.3) is 0 Å². The lowest BCUT2D eigenvalue weighted by atomic mass is 10.1. The molecule has 0 radical (unpaired) electrons. The summed E-state index contributed by atoms with van der Waals surface area (Å²) < 4.78 is 7.70. The Hall–Kier alpha value is -2.03. The van der Waals surface area contributed by atoms with Crippen LogP contribution in [0.1, 0.15) is 16.8 Å². The summed E-state index contributed by atoms with van der Waals surface area (Å²) in [6, 6.07) is 12.7. The Labute approximate surface area is 107 Å². The van der Waals surface area contributed by atoms with Crippen molar-refractivity contribution in [2.75, 3.05) is 13.2 Å². The van der Waals surface area contributed by atoms with Gasteiger partial charge in [0.15, 0.2) is 0 Å². The zero-order valence-electron chi connectivity index (χ0n) is 10.5. The molecule has 0 aliphatic carbocycles. The molecule has 3 heteroatoms. The summed E-state index contributed by atoms with van der Waals surface area (Å²) >= 11 is 0. The molecular weight excluding hydrogens is 224 g/mol. The van der Waals surface area contributed by atoms with Gasteiger partial charge in [-0.1, -0.05) is 29.8 Å². The summed E-state index contributed by atoms with van der Waals surface area (Å²) in [5.74, 6) is 0.770. The fraction of sp³-hybridized carbons (Fsp3) is 0.267. The van der Waals surface area contributed by atoms with Crippen LogP contribution < -0.4 is 0 Å². The molecule has 3 rings (SSSR count). The zero-order valence-corrected chi connectivity index (χ0v) is 10.5. The third-order valence-corrected chi connectivity index (χ3v) is 3.11. The van der Waals surface area contributed by atoms with Gasteiger partial charge in [-0.15, -0.1) is 0 Å². The average Bonchev–Trinajstić information content (AvgIpc) is 3.02. The SMILES string of the molecule is Cc1ccc(Cn2cccc2C2=NCCO2)cc1. The minimum atomic E-state index is 0.699. The van der Waals surface area contributed by atoms with Gasteiger partial charge < -0.3 is 9.30 Å². The number of aromatic nitrogens is 1. The summed E-state index contributed by atoms with van der Waals surface area (Å²) in [5.41, 5.74) is 3.64. The van der Waals surface area contributed by atoms with Gasteiger partial charge in [-0.05, 0) is 24.6 Å². The second-order valence-electron chi connectivity index (χ2n) is 4.54. The maximum atomic E-state index is 5.52. The zero-order chi connectivity index (χ0) is 12.4. The highest BCUT2D eigenvalue weighted by Gasteiger charge is 2.14. The van der Waals surface area contributed by atoms with Gasteiger partial charge >= 0.3 is 0 Å². The first-order valence-electron chi connectivity index (χ1n) is 6.21. The van der Waals surface area contributed by atoms with E-state index in [0.29, 0.717) is 6.61 Å². The van der Waals surface area contributed by atoms with E-state index in [2.05, 4.69) is 53.0 Å². The van der Waals surface area contributed by atoms with E-state index < -0.39 is 0 Å². The molecule has 0 spiro atoms. The molecule has 92 valence electrons. The van der Waals surface area contributed by atoms with Gasteiger partial charge in [0.25, 0.3) is 0 Å². The molecular formula is C15H16N2O. The molecule has 0 fully saturated rings. The molecule has 1 aliphatic heterocycles. The normalized spacial score (nSPS) is 14.4. The van der Waals surface area contributed by atoms with E-state index in [9.17, 15) is 0 Å². The van der Waals surface area contributed by atoms with Crippen molar-refractivity contribution >= 4 is 5.90 Å². The first kappa shape index (κ1) is 11.1. The van der Waals surface area contributed by atoms with Gasteiger partial charge in [0.1, 0.15) is 12.3 Å². The number of nitrogens with zero attached hydrogens (tertiary/aromatic N) is 2. The van der Waals surface area contributed by atoms with Gasteiger partial charge in [-0.25, -0.2) is 4.99 Å². The number of aliphatic imine (C=N–C) groups is 1. The predicted octanol–water partition coefficient (Wildman–Crippen LogP) is 2.62. The third-order valence-electron chi connectivity index (χ3n) is 3.11. The van der Waals surface area contributed by atoms with Crippen LogP contribution >= 0.6 is 0 Å². The number of benzene rings is 1. The highest BCUT2D eigenvalue weighted by Crippen LogP contribution is 2.12. The third kappa shape index (κ3) is 2.16. The number of rotatable bonds is 3. The van der Waals surface area contributed by atoms with Crippen molar-refractivity contribution in [3.63, 3.8) is 0 Å². The molecule has 0 unspecified atom stereocenters. The van der Waals surface area contributed by atoms with Crippen molar-refractivity contribution < 1.29 is 4.74 Å². The van der Waals surface area contributed by atoms with Gasteiger partial charge in [0.2, 0.25) is 5.90 Å². The van der Waals surface area contributed by atoms with E-state index in [0.717, 1.165) is 24.7 Å². The smallest absolute Gasteiger partial charge is 0.233 e. The molecule has 18 heavy (non-hydrogen) atoms. The van der Waals surface area contributed by atoms with Gasteiger partial charge in [-0.3, -0.25) is 0 Å². The Morgan fingerprint density at radius 3 is 2.78 bits per heavy atom. The quantitative estimate of drug-likeness (QED) is 0.810. The summed E-state index contributed by atoms with van der Waals surface area (Å²) in [6.45, 7) is 4.42. The molecule has 1 aliphatic rings. The molecule has 2 heterocycles. The molecule has 2 aromatic rings. The van der Waals surface area contributed by atoms with Crippen LogP contribution in [-0.4, -0.2) is 23.6 Å². The number of hydrogen-bond acceptors (Lipinski definition) is 2. The molecule has 1 aromatic carbocycles. The van der Waals surface area contributed by atoms with Crippen LogP contribution in [-0.2, 0) is 11.3 Å². The molecule has 0 atom stereocenters. The van der Waals surface area contributed by atoms with Crippen molar-refractivity contribution in [1.82, 2.24) is 4.57 Å². The van der Waals surface area contributed by atoms with Crippen LogP contribution in [0, 0.1) is 6.92 Å². The van der Waals surface area contributed by atoms with Crippen molar-refractivity contribution in [3.05, 3.63) is 59.4 Å². The molecule has 0 saturated heterocycles. The first-order chi connectivity index (χ1) is 8.83. The van der Waals surface area contributed by atoms with E-state index in [1.54, 1.807) is 0 Å². The Morgan fingerprint density at radius 1 is 1.22 bits per heavy atom. The lowest BCUT2D eigenvalue weighted by Gasteiger charge is -2.09. The summed E-state index contributed by atoms with van der Waals surface area (Å²) in [5, 5.41) is 0. The monoisotopic (exact) mass is 240 g/mol. The molecule has 0 N–H and O–H groups in total. The lowest BCUT2D eigenvalue weighted by Crippen LogP contribution is -2.10. The maximum absolute atomic E-state index is 5.52. The van der Waals surface area contributed by atoms with Crippen LogP contribution in [0.4, 0.5) is 0 Å². The minimum Gasteiger partial charge on any atom is -0.474 e. The number of ether oxygens (including phenoxy) is 1. The van der Waals surface area contributed by atoms with Crippen molar-refractivity contribution in [2.45, 2.75) is 13.5 Å². The standard InChI is InChI=1S/C15H16N2O/c1-12-4-6-13(7-5-12)11-17-9-2-3-14(17)15-16-8-10-18-15/h2-7,9H,8,10-11H2,1H3. The fourth-order valence-corrected chi connectivity index (χ4v) is 2.13. The van der Waals surface area contributed by atoms with Crippen LogP contribution in [0.15, 0.2) is 47.6 Å². The Balaban J connectivity index is 1.85. The van der Waals surface area contributed by atoms with Gasteiger partial charge in [0.05, 0.1) is 6.54 Å². The predicted molar refractivity (Wildman–Crippen MR) is 72.1 cm³/mol. The highest BCUT2D eigenvalue weighted by atomic mass is 16.5. The first-order valence-corrected chi connectivity index (χ1v) is 6.21. The average molecular weight is 240 g/mol. The van der Waals surface area contributed by atoms with Gasteiger partial charge in [-0.2, -0.15) is 0 Å².